The summed E-state index contributed by atoms with van der Waals surface area (Å²) >= 11 is 0. The van der Waals surface area contributed by atoms with Gasteiger partial charge < -0.3 is 4.74 Å². The van der Waals surface area contributed by atoms with Crippen LogP contribution in [0.15, 0.2) is 97.5 Å². The fraction of sp³-hybridized carbons (Fsp3) is 0.297. The Morgan fingerprint density at radius 3 is 2.10 bits per heavy atom. The molecule has 2 heterocycles. The van der Waals surface area contributed by atoms with Crippen LogP contribution < -0.4 is 13.9 Å². The highest BCUT2D eigenvalue weighted by atomic mass is 16.5. The Hall–Kier alpha value is -3.98. The van der Waals surface area contributed by atoms with E-state index in [1.807, 2.05) is 0 Å². The molecule has 6 rings (SSSR count). The number of benzene rings is 3. The highest BCUT2D eigenvalue weighted by molar-refractivity contribution is 6.00. The Morgan fingerprint density at radius 1 is 0.725 bits per heavy atom. The van der Waals surface area contributed by atoms with Gasteiger partial charge in [-0.2, -0.15) is 4.57 Å². The van der Waals surface area contributed by atoms with Crippen LogP contribution in [0.1, 0.15) is 67.3 Å². The second kappa shape index (κ2) is 10.9. The Balaban J connectivity index is 1.76. The second-order valence-corrected chi connectivity index (χ2v) is 11.2. The molecule has 0 fully saturated rings. The van der Waals surface area contributed by atoms with E-state index in [1.165, 1.54) is 56.3 Å². The van der Waals surface area contributed by atoms with Crippen molar-refractivity contribution < 1.29 is 13.9 Å². The zero-order valence-electron chi connectivity index (χ0n) is 24.3. The van der Waals surface area contributed by atoms with Gasteiger partial charge in [-0.1, -0.05) is 80.8 Å². The van der Waals surface area contributed by atoms with Crippen LogP contribution in [-0.4, -0.2) is 7.11 Å². The maximum Gasteiger partial charge on any atom is 0.213 e. The third-order valence-electron chi connectivity index (χ3n) is 8.66. The number of pyridine rings is 2. The molecule has 2 aromatic heterocycles. The van der Waals surface area contributed by atoms with Crippen molar-refractivity contribution in [3.63, 3.8) is 0 Å². The van der Waals surface area contributed by atoms with Crippen LogP contribution in [0.25, 0.3) is 22.0 Å². The fourth-order valence-corrected chi connectivity index (χ4v) is 6.57. The molecule has 1 unspecified atom stereocenters. The molecule has 0 amide bonds. The summed E-state index contributed by atoms with van der Waals surface area (Å²) in [5.41, 5.74) is 10.1. The van der Waals surface area contributed by atoms with Crippen LogP contribution >= 0.6 is 0 Å². The number of hydrogen-bond donors (Lipinski definition) is 0. The van der Waals surface area contributed by atoms with E-state index in [9.17, 15) is 0 Å². The topological polar surface area (TPSA) is 17.0 Å². The number of unbranched alkanes of at least 4 members (excludes halogenated alkanes) is 2. The monoisotopic (exact) mass is 528 g/mol. The minimum Gasteiger partial charge on any atom is -0.497 e. The summed E-state index contributed by atoms with van der Waals surface area (Å²) in [4.78, 5) is 0. The van der Waals surface area contributed by atoms with Crippen LogP contribution in [-0.2, 0) is 18.5 Å². The van der Waals surface area contributed by atoms with Crippen LogP contribution in [0.5, 0.6) is 5.75 Å². The SMILES string of the molecule is CCCC[n+]1ccc2c(c1)C(c1ccc(C)cc1)(c1ccc(OC)cc1)c1c[n+](CCCC)c3ccccc3c1-2. The first kappa shape index (κ1) is 26.3. The van der Waals surface area contributed by atoms with Crippen molar-refractivity contribution in [2.75, 3.05) is 7.11 Å². The maximum atomic E-state index is 5.60. The smallest absolute Gasteiger partial charge is 0.213 e. The van der Waals surface area contributed by atoms with Crippen LogP contribution in [0, 0.1) is 6.92 Å². The third-order valence-corrected chi connectivity index (χ3v) is 8.66. The van der Waals surface area contributed by atoms with Gasteiger partial charge >= 0.3 is 0 Å². The molecule has 0 saturated heterocycles. The standard InChI is InChI=1S/C37H40N2O/c1-5-7-22-38-24-21-31-33(25-38)37(28-15-13-27(3)14-16-28,29-17-19-30(40-4)20-18-29)34-26-39(23-8-6-2)35-12-10-9-11-32(35)36(31)34/h9-21,24-26H,5-8,22-23H2,1-4H3/q+2. The zero-order chi connectivity index (χ0) is 27.7. The average molecular weight is 529 g/mol. The Bertz CT molecular complexity index is 1650. The number of fused-ring (bicyclic) bond motifs is 5. The molecule has 1 aliphatic rings. The number of nitrogens with zero attached hydrogens (tertiary/aromatic N) is 2. The van der Waals surface area contributed by atoms with Gasteiger partial charge in [-0.05, 0) is 41.8 Å². The van der Waals surface area contributed by atoms with Gasteiger partial charge in [0.05, 0.1) is 17.9 Å². The second-order valence-electron chi connectivity index (χ2n) is 11.2. The molecule has 5 aromatic rings. The molecule has 0 bridgehead atoms. The number of methoxy groups -OCH3 is 1. The van der Waals surface area contributed by atoms with Crippen molar-refractivity contribution in [1.29, 1.82) is 0 Å². The minimum atomic E-state index is -0.447. The molecule has 0 spiro atoms. The molecule has 202 valence electrons. The van der Waals surface area contributed by atoms with Gasteiger partial charge in [0, 0.05) is 41.7 Å². The lowest BCUT2D eigenvalue weighted by Crippen LogP contribution is -2.39. The highest BCUT2D eigenvalue weighted by Crippen LogP contribution is 2.57. The van der Waals surface area contributed by atoms with Crippen LogP contribution in [0.2, 0.25) is 0 Å². The van der Waals surface area contributed by atoms with Gasteiger partial charge in [0.2, 0.25) is 5.52 Å². The summed E-state index contributed by atoms with van der Waals surface area (Å²) < 4.78 is 10.5. The van der Waals surface area contributed by atoms with Gasteiger partial charge in [-0.15, -0.1) is 0 Å². The van der Waals surface area contributed by atoms with Crippen LogP contribution in [0.4, 0.5) is 0 Å². The third kappa shape index (κ3) is 4.20. The van der Waals surface area contributed by atoms with E-state index < -0.39 is 5.41 Å². The molecule has 0 aliphatic heterocycles. The Labute approximate surface area is 238 Å². The summed E-state index contributed by atoms with van der Waals surface area (Å²) in [5, 5.41) is 1.33. The Kier molecular flexibility index (Phi) is 7.14. The van der Waals surface area contributed by atoms with Gasteiger partial charge in [0.1, 0.15) is 18.8 Å². The summed E-state index contributed by atoms with van der Waals surface area (Å²) in [6, 6.07) is 29.3. The maximum absolute atomic E-state index is 5.60. The first-order valence-corrected chi connectivity index (χ1v) is 14.8. The summed E-state index contributed by atoms with van der Waals surface area (Å²) in [7, 11) is 1.74. The molecular formula is C37H40N2O+2. The highest BCUT2D eigenvalue weighted by Gasteiger charge is 2.50. The lowest BCUT2D eigenvalue weighted by molar-refractivity contribution is -0.697. The van der Waals surface area contributed by atoms with E-state index in [0.717, 1.165) is 38.1 Å². The molecular weight excluding hydrogens is 488 g/mol. The van der Waals surface area contributed by atoms with E-state index in [0.29, 0.717) is 0 Å². The lowest BCUT2D eigenvalue weighted by atomic mass is 9.68. The Morgan fingerprint density at radius 2 is 1.40 bits per heavy atom. The van der Waals surface area contributed by atoms with Gasteiger partial charge in [0.25, 0.3) is 0 Å². The number of hydrogen-bond acceptors (Lipinski definition) is 1. The average Bonchev–Trinajstić information content (AvgIpc) is 3.29. The molecule has 1 aliphatic carbocycles. The van der Waals surface area contributed by atoms with E-state index >= 15 is 0 Å². The first-order valence-electron chi connectivity index (χ1n) is 14.8. The number of rotatable bonds is 9. The summed E-state index contributed by atoms with van der Waals surface area (Å²) in [6.45, 7) is 8.73. The van der Waals surface area contributed by atoms with E-state index in [1.54, 1.807) is 7.11 Å². The number of ether oxygens (including phenoxy) is 1. The lowest BCUT2D eigenvalue weighted by Gasteiger charge is -2.32. The van der Waals surface area contributed by atoms with E-state index in [4.69, 9.17) is 4.74 Å². The molecule has 0 saturated carbocycles. The zero-order valence-corrected chi connectivity index (χ0v) is 24.3. The predicted octanol–water partition coefficient (Wildman–Crippen LogP) is 7.70. The van der Waals surface area contributed by atoms with Crippen molar-refractivity contribution in [1.82, 2.24) is 0 Å². The molecule has 3 nitrogen and oxygen atoms in total. The molecule has 1 atom stereocenters. The van der Waals surface area contributed by atoms with Crippen molar-refractivity contribution in [2.45, 2.75) is 65.0 Å². The number of aryl methyl sites for hydroxylation is 3. The largest absolute Gasteiger partial charge is 0.497 e. The molecule has 3 aromatic carbocycles. The molecule has 0 N–H and O–H groups in total. The van der Waals surface area contributed by atoms with Gasteiger partial charge in [-0.25, -0.2) is 4.57 Å². The van der Waals surface area contributed by atoms with Crippen molar-refractivity contribution >= 4 is 10.9 Å². The van der Waals surface area contributed by atoms with E-state index in [2.05, 4.69) is 127 Å². The van der Waals surface area contributed by atoms with E-state index in [-0.39, 0.29) is 0 Å². The molecule has 3 heteroatoms. The normalized spacial score (nSPS) is 15.7. The van der Waals surface area contributed by atoms with Crippen molar-refractivity contribution in [2.24, 2.45) is 0 Å². The number of aromatic nitrogens is 2. The first-order chi connectivity index (χ1) is 19.6. The fourth-order valence-electron chi connectivity index (χ4n) is 6.57. The van der Waals surface area contributed by atoms with Crippen LogP contribution in [0.3, 0.4) is 0 Å². The van der Waals surface area contributed by atoms with Crippen molar-refractivity contribution in [3.8, 4) is 16.9 Å². The molecule has 40 heavy (non-hydrogen) atoms. The predicted molar refractivity (Wildman–Crippen MR) is 163 cm³/mol. The van der Waals surface area contributed by atoms with Gasteiger partial charge in [0.15, 0.2) is 18.6 Å². The number of para-hydroxylation sites is 1. The molecule has 0 radical (unpaired) electrons. The summed E-state index contributed by atoms with van der Waals surface area (Å²) in [6.07, 6.45) is 11.8. The summed E-state index contributed by atoms with van der Waals surface area (Å²) in [5.74, 6) is 0.879. The van der Waals surface area contributed by atoms with Crippen molar-refractivity contribution in [3.05, 3.63) is 125 Å². The van der Waals surface area contributed by atoms with Gasteiger partial charge in [-0.3, -0.25) is 0 Å². The minimum absolute atomic E-state index is 0.447. The quantitative estimate of drug-likeness (QED) is 0.176.